The molecule has 76 valence electrons. The van der Waals surface area contributed by atoms with Crippen molar-refractivity contribution in [3.8, 4) is 0 Å². The quantitative estimate of drug-likeness (QED) is 0.800. The molecule has 4 heteroatoms. The van der Waals surface area contributed by atoms with Crippen LogP contribution in [-0.2, 0) is 9.84 Å². The fourth-order valence-electron chi connectivity index (χ4n) is 1.34. The summed E-state index contributed by atoms with van der Waals surface area (Å²) in [6.07, 6.45) is 1.15. The molecule has 0 heterocycles. The number of rotatable bonds is 2. The predicted molar refractivity (Wildman–Crippen MR) is 54.5 cm³/mol. The normalized spacial score (nSPS) is 19.3. The van der Waals surface area contributed by atoms with Crippen molar-refractivity contribution in [2.24, 2.45) is 5.73 Å². The third kappa shape index (κ3) is 1.35. The minimum absolute atomic E-state index is 0.336. The number of benzene rings is 1. The van der Waals surface area contributed by atoms with E-state index in [0.717, 1.165) is 5.56 Å². The van der Waals surface area contributed by atoms with Crippen LogP contribution < -0.4 is 5.73 Å². The summed E-state index contributed by atoms with van der Waals surface area (Å²) in [5.41, 5.74) is 6.75. The Labute approximate surface area is 83.9 Å². The van der Waals surface area contributed by atoms with Gasteiger partial charge in [0.05, 0.1) is 4.90 Å². The third-order valence-electron chi connectivity index (χ3n) is 2.61. The van der Waals surface area contributed by atoms with Crippen molar-refractivity contribution in [3.05, 3.63) is 29.8 Å². The van der Waals surface area contributed by atoms with E-state index in [0.29, 0.717) is 17.7 Å². The highest BCUT2D eigenvalue weighted by Gasteiger charge is 2.51. The summed E-state index contributed by atoms with van der Waals surface area (Å²) >= 11 is 0. The Morgan fingerprint density at radius 3 is 2.14 bits per heavy atom. The lowest BCUT2D eigenvalue weighted by molar-refractivity contribution is 0.579. The number of nitrogens with two attached hydrogens (primary N) is 1. The standard InChI is InChI=1S/C10H13NO2S/c1-8-2-4-9(5-3-8)14(12,13)10(11)6-7-10/h2-5H,6-7,11H2,1H3. The van der Waals surface area contributed by atoms with E-state index in [4.69, 9.17) is 5.73 Å². The average molecular weight is 211 g/mol. The zero-order valence-corrected chi connectivity index (χ0v) is 8.84. The molecule has 1 aromatic rings. The number of hydrogen-bond donors (Lipinski definition) is 1. The number of aryl methyl sites for hydroxylation is 1. The lowest BCUT2D eigenvalue weighted by Crippen LogP contribution is -2.32. The molecule has 0 spiro atoms. The molecule has 2 N–H and O–H groups in total. The second kappa shape index (κ2) is 2.81. The molecule has 1 saturated carbocycles. The SMILES string of the molecule is Cc1ccc(S(=O)(=O)C2(N)CC2)cc1. The zero-order chi connectivity index (χ0) is 10.4. The number of hydrogen-bond acceptors (Lipinski definition) is 3. The van der Waals surface area contributed by atoms with Crippen LogP contribution in [-0.4, -0.2) is 13.3 Å². The summed E-state index contributed by atoms with van der Waals surface area (Å²) < 4.78 is 23.8. The number of sulfone groups is 1. The van der Waals surface area contributed by atoms with Crippen LogP contribution in [0.5, 0.6) is 0 Å². The van der Waals surface area contributed by atoms with Crippen LogP contribution in [0.4, 0.5) is 0 Å². The van der Waals surface area contributed by atoms with Crippen LogP contribution in [0.1, 0.15) is 18.4 Å². The van der Waals surface area contributed by atoms with E-state index < -0.39 is 14.7 Å². The van der Waals surface area contributed by atoms with Gasteiger partial charge in [0.1, 0.15) is 4.87 Å². The Bertz CT molecular complexity index is 444. The molecule has 0 aromatic heterocycles. The Morgan fingerprint density at radius 1 is 1.21 bits per heavy atom. The molecule has 0 radical (unpaired) electrons. The summed E-state index contributed by atoms with van der Waals surface area (Å²) in [7, 11) is -3.30. The van der Waals surface area contributed by atoms with Gasteiger partial charge < -0.3 is 5.73 Å². The molecular weight excluding hydrogens is 198 g/mol. The van der Waals surface area contributed by atoms with E-state index in [2.05, 4.69) is 0 Å². The van der Waals surface area contributed by atoms with Crippen molar-refractivity contribution in [2.75, 3.05) is 0 Å². The third-order valence-corrected chi connectivity index (χ3v) is 4.98. The Balaban J connectivity index is 2.45. The van der Waals surface area contributed by atoms with E-state index in [9.17, 15) is 8.42 Å². The molecule has 14 heavy (non-hydrogen) atoms. The van der Waals surface area contributed by atoms with Crippen LogP contribution >= 0.6 is 0 Å². The van der Waals surface area contributed by atoms with Gasteiger partial charge in [-0.3, -0.25) is 0 Å². The van der Waals surface area contributed by atoms with E-state index in [1.807, 2.05) is 6.92 Å². The van der Waals surface area contributed by atoms with E-state index in [-0.39, 0.29) is 0 Å². The van der Waals surface area contributed by atoms with Gasteiger partial charge in [-0.25, -0.2) is 8.42 Å². The van der Waals surface area contributed by atoms with Gasteiger partial charge in [0.15, 0.2) is 9.84 Å². The minimum atomic E-state index is -3.30. The van der Waals surface area contributed by atoms with E-state index in [1.54, 1.807) is 24.3 Å². The second-order valence-electron chi connectivity index (χ2n) is 3.88. The van der Waals surface area contributed by atoms with Gasteiger partial charge in [-0.1, -0.05) is 17.7 Å². The van der Waals surface area contributed by atoms with Crippen LogP contribution in [0.25, 0.3) is 0 Å². The molecule has 1 fully saturated rings. The summed E-state index contributed by atoms with van der Waals surface area (Å²) in [5, 5.41) is 0. The van der Waals surface area contributed by atoms with Crippen LogP contribution in [0.15, 0.2) is 29.2 Å². The highest BCUT2D eigenvalue weighted by Crippen LogP contribution is 2.41. The van der Waals surface area contributed by atoms with Gasteiger partial charge in [-0.15, -0.1) is 0 Å². The first-order valence-electron chi connectivity index (χ1n) is 4.56. The lowest BCUT2D eigenvalue weighted by atomic mass is 10.2. The van der Waals surface area contributed by atoms with Crippen LogP contribution in [0.2, 0.25) is 0 Å². The van der Waals surface area contributed by atoms with Gasteiger partial charge in [0.25, 0.3) is 0 Å². The van der Waals surface area contributed by atoms with Gasteiger partial charge in [0, 0.05) is 0 Å². The van der Waals surface area contributed by atoms with Crippen molar-refractivity contribution in [1.82, 2.24) is 0 Å². The Kier molecular flexibility index (Phi) is 1.94. The lowest BCUT2D eigenvalue weighted by Gasteiger charge is -2.10. The highest BCUT2D eigenvalue weighted by molar-refractivity contribution is 7.93. The first kappa shape index (κ1) is 9.68. The summed E-state index contributed by atoms with van der Waals surface area (Å²) in [4.78, 5) is -0.648. The smallest absolute Gasteiger partial charge is 0.196 e. The van der Waals surface area contributed by atoms with Crippen LogP contribution in [0, 0.1) is 6.92 Å². The Morgan fingerprint density at radius 2 is 1.71 bits per heavy atom. The molecule has 0 unspecified atom stereocenters. The van der Waals surface area contributed by atoms with Crippen molar-refractivity contribution >= 4 is 9.84 Å². The fourth-order valence-corrected chi connectivity index (χ4v) is 2.95. The maximum atomic E-state index is 11.9. The van der Waals surface area contributed by atoms with Crippen molar-refractivity contribution in [1.29, 1.82) is 0 Å². The topological polar surface area (TPSA) is 60.2 Å². The predicted octanol–water partition coefficient (Wildman–Crippen LogP) is 1.22. The molecule has 0 saturated heterocycles. The molecular formula is C10H13NO2S. The van der Waals surface area contributed by atoms with E-state index in [1.165, 1.54) is 0 Å². The van der Waals surface area contributed by atoms with Gasteiger partial charge in [-0.2, -0.15) is 0 Å². The molecule has 0 atom stereocenters. The summed E-state index contributed by atoms with van der Waals surface area (Å²) in [5.74, 6) is 0. The van der Waals surface area contributed by atoms with Crippen molar-refractivity contribution < 1.29 is 8.42 Å². The van der Waals surface area contributed by atoms with Crippen molar-refractivity contribution in [3.63, 3.8) is 0 Å². The van der Waals surface area contributed by atoms with Crippen molar-refractivity contribution in [2.45, 2.75) is 29.5 Å². The maximum absolute atomic E-state index is 11.9. The zero-order valence-electron chi connectivity index (χ0n) is 8.03. The second-order valence-corrected chi connectivity index (χ2v) is 6.17. The minimum Gasteiger partial charge on any atom is -0.312 e. The maximum Gasteiger partial charge on any atom is 0.196 e. The molecule has 1 aromatic carbocycles. The molecule has 1 aliphatic rings. The first-order valence-corrected chi connectivity index (χ1v) is 6.04. The molecule has 3 nitrogen and oxygen atoms in total. The summed E-state index contributed by atoms with van der Waals surface area (Å²) in [6.45, 7) is 1.92. The monoisotopic (exact) mass is 211 g/mol. The fraction of sp³-hybridized carbons (Fsp3) is 0.400. The van der Waals surface area contributed by atoms with Gasteiger partial charge in [-0.05, 0) is 31.9 Å². The Hall–Kier alpha value is -0.870. The van der Waals surface area contributed by atoms with E-state index >= 15 is 0 Å². The molecule has 0 amide bonds. The van der Waals surface area contributed by atoms with Gasteiger partial charge in [0.2, 0.25) is 0 Å². The average Bonchev–Trinajstić information content (AvgIpc) is 2.86. The molecule has 2 rings (SSSR count). The van der Waals surface area contributed by atoms with Crippen LogP contribution in [0.3, 0.4) is 0 Å². The summed E-state index contributed by atoms with van der Waals surface area (Å²) in [6, 6.07) is 6.83. The van der Waals surface area contributed by atoms with Gasteiger partial charge >= 0.3 is 0 Å². The first-order chi connectivity index (χ1) is 6.46. The largest absolute Gasteiger partial charge is 0.312 e. The molecule has 0 bridgehead atoms. The highest BCUT2D eigenvalue weighted by atomic mass is 32.2. The molecule has 1 aliphatic carbocycles. The molecule has 0 aliphatic heterocycles.